The van der Waals surface area contributed by atoms with Gasteiger partial charge in [0.1, 0.15) is 5.67 Å². The Balaban J connectivity index is 1.36. The molecule has 2 bridgehead atoms. The fourth-order valence-electron chi connectivity index (χ4n) is 5.62. The Morgan fingerprint density at radius 3 is 2.49 bits per heavy atom. The van der Waals surface area contributed by atoms with E-state index in [1.54, 1.807) is 0 Å². The van der Waals surface area contributed by atoms with Crippen molar-refractivity contribution in [2.45, 2.75) is 75.7 Å². The maximum absolute atomic E-state index is 13.9. The van der Waals surface area contributed by atoms with Gasteiger partial charge in [-0.3, -0.25) is 24.0 Å². The van der Waals surface area contributed by atoms with Crippen LogP contribution in [0.5, 0.6) is 0 Å². The number of carbonyl (C=O) groups is 5. The number of nitrogens with one attached hydrogen (secondary N) is 4. The predicted molar refractivity (Wildman–Crippen MR) is 128 cm³/mol. The van der Waals surface area contributed by atoms with Crippen molar-refractivity contribution < 1.29 is 28.4 Å². The monoisotopic (exact) mass is 509 g/mol. The molecule has 1 saturated heterocycles. The van der Waals surface area contributed by atoms with Gasteiger partial charge in [-0.1, -0.05) is 0 Å². The van der Waals surface area contributed by atoms with Crippen molar-refractivity contribution in [3.8, 4) is 6.07 Å². The smallest absolute Gasteiger partial charge is 0.289 e. The molecule has 4 amide bonds. The van der Waals surface area contributed by atoms with Crippen LogP contribution in [0, 0.1) is 22.7 Å². The summed E-state index contributed by atoms with van der Waals surface area (Å²) in [5.74, 6) is -3.71. The number of amides is 4. The minimum atomic E-state index is -1.29. The fourth-order valence-corrected chi connectivity index (χ4v) is 5.62. The molecule has 10 nitrogen and oxygen atoms in total. The average molecular weight is 510 g/mol. The first-order valence-electron chi connectivity index (χ1n) is 12.5. The number of benzene rings is 1. The molecule has 3 atom stereocenters. The Hall–Kier alpha value is -3.81. The summed E-state index contributed by atoms with van der Waals surface area (Å²) >= 11 is 0. The Morgan fingerprint density at radius 1 is 1.22 bits per heavy atom. The first-order chi connectivity index (χ1) is 17.5. The summed E-state index contributed by atoms with van der Waals surface area (Å²) in [6.45, 7) is 1.83. The maximum Gasteiger partial charge on any atom is 0.289 e. The molecule has 4 saturated carbocycles. The normalized spacial score (nSPS) is 30.0. The van der Waals surface area contributed by atoms with E-state index in [9.17, 15) is 33.6 Å². The summed E-state index contributed by atoms with van der Waals surface area (Å²) in [7, 11) is 0. The molecule has 0 unspecified atom stereocenters. The second-order valence-electron chi connectivity index (χ2n) is 11.0. The largest absolute Gasteiger partial charge is 0.353 e. The fraction of sp³-hybridized carbons (Fsp3) is 0.538. The molecule has 4 aliphatic carbocycles. The molecular weight excluding hydrogens is 481 g/mol. The van der Waals surface area contributed by atoms with Crippen molar-refractivity contribution in [1.29, 1.82) is 5.26 Å². The number of ketones is 1. The van der Waals surface area contributed by atoms with Crippen LogP contribution < -0.4 is 21.3 Å². The number of Topliss-reactive ketones (excluding diaryl/α,β-unsaturated/α-hetero) is 1. The van der Waals surface area contributed by atoms with Gasteiger partial charge in [-0.2, -0.15) is 5.26 Å². The molecule has 1 heterocycles. The number of halogens is 1. The van der Waals surface area contributed by atoms with Crippen molar-refractivity contribution in [3.63, 3.8) is 0 Å². The lowest BCUT2D eigenvalue weighted by Gasteiger charge is -2.64. The van der Waals surface area contributed by atoms with Crippen LogP contribution in [0.15, 0.2) is 18.2 Å². The molecule has 6 rings (SSSR count). The van der Waals surface area contributed by atoms with Crippen LogP contribution in [0.2, 0.25) is 0 Å². The summed E-state index contributed by atoms with van der Waals surface area (Å²) < 4.78 is 13.9. The second kappa shape index (κ2) is 8.94. The average Bonchev–Trinajstić information content (AvgIpc) is 3.57. The Labute approximate surface area is 212 Å². The third kappa shape index (κ3) is 4.80. The highest BCUT2D eigenvalue weighted by Gasteiger charge is 2.72. The molecule has 5 fully saturated rings. The van der Waals surface area contributed by atoms with E-state index in [4.69, 9.17) is 0 Å². The summed E-state index contributed by atoms with van der Waals surface area (Å²) in [6, 6.07) is 4.59. The third-order valence-corrected chi connectivity index (χ3v) is 7.76. The van der Waals surface area contributed by atoms with Crippen molar-refractivity contribution in [3.05, 3.63) is 29.3 Å². The lowest BCUT2D eigenvalue weighted by molar-refractivity contribution is -0.209. The van der Waals surface area contributed by atoms with E-state index in [0.29, 0.717) is 6.42 Å². The van der Waals surface area contributed by atoms with Crippen molar-refractivity contribution >= 4 is 35.1 Å². The number of nitriles is 1. The standard InChI is InChI=1S/C26H28FN5O5/c1-13-6-15(21(34)29-13)8-19(20(33)23(36)30-16-3-4-16)31-22(35)17-7-14(9-28)2-5-18(17)32-24(37)25-10-26(27,11-25)12-25/h2,5,7,13,15-16,19H,3-4,6,8,10-12H2,1H3,(H,29,34)(H,30,36)(H,31,35)(H,32,37)/t13-,15+,19+,25?,26?/m1/s1. The third-order valence-electron chi connectivity index (χ3n) is 7.76. The van der Waals surface area contributed by atoms with Gasteiger partial charge in [-0.25, -0.2) is 4.39 Å². The molecule has 1 aromatic carbocycles. The van der Waals surface area contributed by atoms with Crippen molar-refractivity contribution in [2.24, 2.45) is 11.3 Å². The van der Waals surface area contributed by atoms with E-state index >= 15 is 0 Å². The minimum Gasteiger partial charge on any atom is -0.353 e. The molecule has 0 aromatic heterocycles. The molecule has 0 spiro atoms. The molecule has 37 heavy (non-hydrogen) atoms. The number of hydrogen-bond donors (Lipinski definition) is 4. The molecule has 4 N–H and O–H groups in total. The zero-order valence-corrected chi connectivity index (χ0v) is 20.4. The van der Waals surface area contributed by atoms with E-state index in [0.717, 1.165) is 12.8 Å². The van der Waals surface area contributed by atoms with E-state index in [1.165, 1.54) is 18.2 Å². The van der Waals surface area contributed by atoms with Crippen LogP contribution in [0.25, 0.3) is 0 Å². The number of hydrogen-bond acceptors (Lipinski definition) is 6. The minimum absolute atomic E-state index is 0.0693. The molecule has 5 aliphatic rings. The highest BCUT2D eigenvalue weighted by atomic mass is 19.1. The van der Waals surface area contributed by atoms with Gasteiger partial charge in [0.05, 0.1) is 34.3 Å². The maximum atomic E-state index is 13.9. The van der Waals surface area contributed by atoms with Gasteiger partial charge in [-0.05, 0) is 70.1 Å². The van der Waals surface area contributed by atoms with Crippen LogP contribution in [0.3, 0.4) is 0 Å². The second-order valence-corrected chi connectivity index (χ2v) is 11.0. The van der Waals surface area contributed by atoms with E-state index in [2.05, 4.69) is 21.3 Å². The van der Waals surface area contributed by atoms with E-state index in [1.807, 2.05) is 13.0 Å². The first-order valence-corrected chi connectivity index (χ1v) is 12.5. The number of alkyl halides is 1. The van der Waals surface area contributed by atoms with Crippen LogP contribution >= 0.6 is 0 Å². The molecule has 1 aromatic rings. The zero-order valence-electron chi connectivity index (χ0n) is 20.4. The van der Waals surface area contributed by atoms with Crippen molar-refractivity contribution in [2.75, 3.05) is 5.32 Å². The first kappa shape index (κ1) is 24.9. The number of rotatable bonds is 9. The highest BCUT2D eigenvalue weighted by Crippen LogP contribution is 2.69. The number of nitrogens with zero attached hydrogens (tertiary/aromatic N) is 1. The molecule has 1 aliphatic heterocycles. The molecular formula is C26H28FN5O5. The Bertz CT molecular complexity index is 1230. The summed E-state index contributed by atoms with van der Waals surface area (Å²) in [5, 5.41) is 20.0. The Morgan fingerprint density at radius 2 is 1.92 bits per heavy atom. The van der Waals surface area contributed by atoms with E-state index in [-0.39, 0.29) is 60.5 Å². The molecule has 194 valence electrons. The van der Waals surface area contributed by atoms with Gasteiger partial charge in [0, 0.05) is 18.0 Å². The quantitative estimate of drug-likeness (QED) is 0.367. The lowest BCUT2D eigenvalue weighted by atomic mass is 9.42. The van der Waals surface area contributed by atoms with Crippen LogP contribution in [-0.4, -0.2) is 53.2 Å². The summed E-state index contributed by atoms with van der Waals surface area (Å²) in [5.41, 5.74) is -1.88. The van der Waals surface area contributed by atoms with E-state index < -0.39 is 46.5 Å². The van der Waals surface area contributed by atoms with Crippen LogP contribution in [-0.2, 0) is 19.2 Å². The highest BCUT2D eigenvalue weighted by molar-refractivity contribution is 6.38. The van der Waals surface area contributed by atoms with Gasteiger partial charge in [0.25, 0.3) is 11.8 Å². The van der Waals surface area contributed by atoms with Gasteiger partial charge in [0.2, 0.25) is 17.6 Å². The van der Waals surface area contributed by atoms with Gasteiger partial charge in [0.15, 0.2) is 0 Å². The van der Waals surface area contributed by atoms with Crippen LogP contribution in [0.1, 0.15) is 67.8 Å². The summed E-state index contributed by atoms with van der Waals surface area (Å²) in [4.78, 5) is 64.1. The SMILES string of the molecule is C[C@@H]1C[C@@H](C[C@H](NC(=O)c2cc(C#N)ccc2NC(=O)C23CC(F)(C2)C3)C(=O)C(=O)NC2CC2)C(=O)N1. The topological polar surface area (TPSA) is 157 Å². The van der Waals surface area contributed by atoms with Crippen LogP contribution in [0.4, 0.5) is 10.1 Å². The zero-order chi connectivity index (χ0) is 26.5. The van der Waals surface area contributed by atoms with Gasteiger partial charge < -0.3 is 21.3 Å². The van der Waals surface area contributed by atoms with Gasteiger partial charge in [-0.15, -0.1) is 0 Å². The predicted octanol–water partition coefficient (Wildman–Crippen LogP) is 1.25. The Kier molecular flexibility index (Phi) is 6.01. The number of carbonyl (C=O) groups excluding carboxylic acids is 5. The number of anilines is 1. The van der Waals surface area contributed by atoms with Crippen molar-refractivity contribution in [1.82, 2.24) is 16.0 Å². The molecule has 11 heteroatoms. The van der Waals surface area contributed by atoms with Gasteiger partial charge >= 0.3 is 0 Å². The molecule has 0 radical (unpaired) electrons. The summed E-state index contributed by atoms with van der Waals surface area (Å²) in [6.07, 6.45) is 2.34. The lowest BCUT2D eigenvalue weighted by Crippen LogP contribution is -2.69.